The Labute approximate surface area is 190 Å². The number of aromatic nitrogens is 4. The van der Waals surface area contributed by atoms with Crippen molar-refractivity contribution < 1.29 is 18.6 Å². The molecule has 0 saturated heterocycles. The Balaban J connectivity index is 1.55. The van der Waals surface area contributed by atoms with Crippen molar-refractivity contribution in [2.45, 2.75) is 24.8 Å². The molecule has 0 unspecified atom stereocenters. The van der Waals surface area contributed by atoms with E-state index in [1.54, 1.807) is 39.7 Å². The highest BCUT2D eigenvalue weighted by Gasteiger charge is 2.18. The lowest BCUT2D eigenvalue weighted by atomic mass is 10.1. The fourth-order valence-corrected chi connectivity index (χ4v) is 4.12. The van der Waals surface area contributed by atoms with Gasteiger partial charge in [-0.1, -0.05) is 23.9 Å². The summed E-state index contributed by atoms with van der Waals surface area (Å²) >= 11 is 1.53. The van der Waals surface area contributed by atoms with Crippen LogP contribution in [0, 0.1) is 13.8 Å². The Morgan fingerprint density at radius 3 is 2.41 bits per heavy atom. The van der Waals surface area contributed by atoms with Gasteiger partial charge in [0.05, 0.1) is 32.8 Å². The van der Waals surface area contributed by atoms with E-state index in [9.17, 15) is 0 Å². The van der Waals surface area contributed by atoms with E-state index in [0.717, 1.165) is 10.8 Å². The summed E-state index contributed by atoms with van der Waals surface area (Å²) in [6.45, 7) is 4.17. The number of ether oxygens (including phenoxy) is 3. The van der Waals surface area contributed by atoms with E-state index >= 15 is 0 Å². The van der Waals surface area contributed by atoms with Gasteiger partial charge in [-0.2, -0.15) is 0 Å². The third kappa shape index (κ3) is 4.29. The third-order valence-corrected chi connectivity index (χ3v) is 5.89. The van der Waals surface area contributed by atoms with Gasteiger partial charge in [0, 0.05) is 18.0 Å². The average molecular weight is 453 g/mol. The zero-order valence-corrected chi connectivity index (χ0v) is 19.4. The van der Waals surface area contributed by atoms with Crippen LogP contribution in [0.25, 0.3) is 17.1 Å². The summed E-state index contributed by atoms with van der Waals surface area (Å²) in [6, 6.07) is 9.92. The van der Waals surface area contributed by atoms with E-state index < -0.39 is 0 Å². The molecule has 0 fully saturated rings. The molecule has 0 aliphatic rings. The maximum atomic E-state index is 5.90. The maximum Gasteiger partial charge on any atom is 0.248 e. The second kappa shape index (κ2) is 9.35. The minimum Gasteiger partial charge on any atom is -0.493 e. The van der Waals surface area contributed by atoms with E-state index in [4.69, 9.17) is 18.6 Å². The molecule has 9 heteroatoms. The van der Waals surface area contributed by atoms with Gasteiger partial charge in [0.1, 0.15) is 0 Å². The summed E-state index contributed by atoms with van der Waals surface area (Å²) in [6.07, 6.45) is 3.75. The number of hydrogen-bond acceptors (Lipinski definition) is 8. The maximum absolute atomic E-state index is 5.90. The van der Waals surface area contributed by atoms with E-state index in [2.05, 4.69) is 51.8 Å². The van der Waals surface area contributed by atoms with Crippen LogP contribution >= 0.6 is 11.8 Å². The number of aryl methyl sites for hydroxylation is 2. The van der Waals surface area contributed by atoms with Crippen LogP contribution < -0.4 is 14.2 Å². The number of nitrogens with zero attached hydrogens (tertiary/aromatic N) is 4. The Morgan fingerprint density at radius 2 is 1.72 bits per heavy atom. The van der Waals surface area contributed by atoms with Crippen LogP contribution in [0.2, 0.25) is 0 Å². The number of hydrogen-bond donors (Lipinski definition) is 0. The molecule has 0 aliphatic carbocycles. The molecule has 4 aromatic rings. The predicted molar refractivity (Wildman–Crippen MR) is 122 cm³/mol. The first-order valence-corrected chi connectivity index (χ1v) is 10.9. The van der Waals surface area contributed by atoms with Crippen molar-refractivity contribution in [3.63, 3.8) is 0 Å². The van der Waals surface area contributed by atoms with E-state index in [-0.39, 0.29) is 0 Å². The largest absolute Gasteiger partial charge is 0.493 e. The van der Waals surface area contributed by atoms with Crippen molar-refractivity contribution in [3.8, 4) is 34.4 Å². The van der Waals surface area contributed by atoms with Crippen molar-refractivity contribution in [2.75, 3.05) is 21.3 Å². The van der Waals surface area contributed by atoms with Crippen LogP contribution in [0.1, 0.15) is 17.0 Å². The molecule has 0 N–H and O–H groups in total. The van der Waals surface area contributed by atoms with Crippen molar-refractivity contribution in [3.05, 3.63) is 59.7 Å². The average Bonchev–Trinajstić information content (AvgIpc) is 3.47. The molecular weight excluding hydrogens is 428 g/mol. The van der Waals surface area contributed by atoms with Gasteiger partial charge in [-0.15, -0.1) is 10.2 Å². The quantitative estimate of drug-likeness (QED) is 0.351. The fraction of sp³-hybridized carbons (Fsp3) is 0.261. The van der Waals surface area contributed by atoms with Gasteiger partial charge in [0.2, 0.25) is 17.5 Å². The number of benzene rings is 2. The lowest BCUT2D eigenvalue weighted by molar-refractivity contribution is 0.324. The zero-order chi connectivity index (χ0) is 22.7. The van der Waals surface area contributed by atoms with Gasteiger partial charge >= 0.3 is 0 Å². The smallest absolute Gasteiger partial charge is 0.248 e. The summed E-state index contributed by atoms with van der Waals surface area (Å²) in [5.41, 5.74) is 4.16. The standard InChI is InChI=1S/C23H24N4O4S/c1-14-6-7-15(2)17(10-14)27-9-8-24-23(27)32-13-20-25-26-22(31-20)16-11-18(28-3)21(30-5)19(12-16)29-4/h6-12H,13H2,1-5H3. The lowest BCUT2D eigenvalue weighted by Gasteiger charge is -2.12. The lowest BCUT2D eigenvalue weighted by Crippen LogP contribution is -1.98. The minimum absolute atomic E-state index is 0.373. The normalized spacial score (nSPS) is 10.9. The van der Waals surface area contributed by atoms with Gasteiger partial charge in [-0.25, -0.2) is 4.98 Å². The van der Waals surface area contributed by atoms with Gasteiger partial charge in [0.15, 0.2) is 16.7 Å². The molecule has 0 atom stereocenters. The predicted octanol–water partition coefficient (Wildman–Crippen LogP) is 4.86. The van der Waals surface area contributed by atoms with Crippen LogP contribution in [-0.2, 0) is 5.75 Å². The molecule has 4 rings (SSSR count). The van der Waals surface area contributed by atoms with E-state index in [1.165, 1.54) is 22.9 Å². The number of methoxy groups -OCH3 is 3. The molecule has 8 nitrogen and oxygen atoms in total. The van der Waals surface area contributed by atoms with E-state index in [0.29, 0.717) is 40.3 Å². The molecule has 0 amide bonds. The first-order chi connectivity index (χ1) is 15.5. The molecule has 166 valence electrons. The summed E-state index contributed by atoms with van der Waals surface area (Å²) in [4.78, 5) is 4.50. The van der Waals surface area contributed by atoms with Gasteiger partial charge < -0.3 is 18.6 Å². The highest BCUT2D eigenvalue weighted by molar-refractivity contribution is 7.98. The summed E-state index contributed by atoms with van der Waals surface area (Å²) < 4.78 is 24.2. The molecule has 2 aromatic carbocycles. The van der Waals surface area contributed by atoms with Crippen LogP contribution in [0.15, 0.2) is 52.3 Å². The molecule has 0 bridgehead atoms. The van der Waals surface area contributed by atoms with Crippen molar-refractivity contribution >= 4 is 11.8 Å². The summed E-state index contributed by atoms with van der Waals surface area (Å²) in [7, 11) is 4.69. The van der Waals surface area contributed by atoms with E-state index in [1.807, 2.05) is 6.20 Å². The molecule has 0 saturated carbocycles. The molecule has 0 aliphatic heterocycles. The topological polar surface area (TPSA) is 84.4 Å². The molecule has 2 aromatic heterocycles. The van der Waals surface area contributed by atoms with Gasteiger partial charge in [0.25, 0.3) is 0 Å². The van der Waals surface area contributed by atoms with Gasteiger partial charge in [-0.3, -0.25) is 4.57 Å². The fourth-order valence-electron chi connectivity index (χ4n) is 3.32. The van der Waals surface area contributed by atoms with Crippen LogP contribution in [0.5, 0.6) is 17.2 Å². The zero-order valence-electron chi connectivity index (χ0n) is 18.6. The highest BCUT2D eigenvalue weighted by atomic mass is 32.2. The Kier molecular flexibility index (Phi) is 6.36. The highest BCUT2D eigenvalue weighted by Crippen LogP contribution is 2.41. The number of thioether (sulfide) groups is 1. The second-order valence-electron chi connectivity index (χ2n) is 7.07. The molecule has 0 spiro atoms. The first kappa shape index (κ1) is 21.8. The molecule has 32 heavy (non-hydrogen) atoms. The second-order valence-corrected chi connectivity index (χ2v) is 8.02. The molecule has 0 radical (unpaired) electrons. The molecular formula is C23H24N4O4S. The Hall–Kier alpha value is -3.46. The number of imidazole rings is 1. The van der Waals surface area contributed by atoms with Crippen LogP contribution in [-0.4, -0.2) is 41.1 Å². The molecule has 2 heterocycles. The Morgan fingerprint density at radius 1 is 0.969 bits per heavy atom. The SMILES string of the molecule is COc1cc(-c2nnc(CSc3nccn3-c3cc(C)ccc3C)o2)cc(OC)c1OC. The number of rotatable bonds is 8. The summed E-state index contributed by atoms with van der Waals surface area (Å²) in [5.74, 6) is 2.90. The van der Waals surface area contributed by atoms with Crippen LogP contribution in [0.3, 0.4) is 0 Å². The van der Waals surface area contributed by atoms with Crippen molar-refractivity contribution in [1.82, 2.24) is 19.7 Å². The third-order valence-electron chi connectivity index (χ3n) is 4.93. The first-order valence-electron chi connectivity index (χ1n) is 9.90. The van der Waals surface area contributed by atoms with Crippen LogP contribution in [0.4, 0.5) is 0 Å². The van der Waals surface area contributed by atoms with Crippen molar-refractivity contribution in [2.24, 2.45) is 0 Å². The van der Waals surface area contributed by atoms with Gasteiger partial charge in [-0.05, 0) is 43.2 Å². The van der Waals surface area contributed by atoms with Crippen molar-refractivity contribution in [1.29, 1.82) is 0 Å². The minimum atomic E-state index is 0.373. The summed E-state index contributed by atoms with van der Waals surface area (Å²) in [5, 5.41) is 9.24. The Bertz CT molecular complexity index is 1210. The monoisotopic (exact) mass is 452 g/mol.